The molecule has 0 N–H and O–H groups in total. The lowest BCUT2D eigenvalue weighted by Gasteiger charge is -2.21. The fourth-order valence-electron chi connectivity index (χ4n) is 2.18. The molecule has 0 amide bonds. The predicted molar refractivity (Wildman–Crippen MR) is 70.4 cm³/mol. The average molecular weight is 284 g/mol. The number of rotatable bonds is 3. The van der Waals surface area contributed by atoms with Crippen LogP contribution in [0.4, 0.5) is 5.69 Å². The Morgan fingerprint density at radius 1 is 1.32 bits per heavy atom. The van der Waals surface area contributed by atoms with Gasteiger partial charge < -0.3 is 4.74 Å². The van der Waals surface area contributed by atoms with E-state index in [0.717, 1.165) is 25.7 Å². The Labute approximate surface area is 115 Å². The molecule has 19 heavy (non-hydrogen) atoms. The van der Waals surface area contributed by atoms with Gasteiger partial charge in [-0.25, -0.2) is 4.79 Å². The summed E-state index contributed by atoms with van der Waals surface area (Å²) in [5.41, 5.74) is 0.0389. The third-order valence-corrected chi connectivity index (χ3v) is 3.52. The van der Waals surface area contributed by atoms with Crippen molar-refractivity contribution in [1.82, 2.24) is 0 Å². The number of benzene rings is 1. The molecule has 102 valence electrons. The van der Waals surface area contributed by atoms with Crippen LogP contribution in [0.25, 0.3) is 0 Å². The molecule has 0 saturated heterocycles. The van der Waals surface area contributed by atoms with Crippen LogP contribution in [0, 0.1) is 10.1 Å². The number of hydrogen-bond acceptors (Lipinski definition) is 4. The number of carbonyl (C=O) groups is 1. The second-order valence-electron chi connectivity index (χ2n) is 4.59. The molecule has 0 radical (unpaired) electrons. The summed E-state index contributed by atoms with van der Waals surface area (Å²) in [5.74, 6) is -0.508. The molecule has 1 aromatic rings. The molecule has 1 aliphatic carbocycles. The van der Waals surface area contributed by atoms with Crippen LogP contribution in [0.1, 0.15) is 42.5 Å². The molecule has 1 fully saturated rings. The lowest BCUT2D eigenvalue weighted by molar-refractivity contribution is -0.384. The van der Waals surface area contributed by atoms with Crippen molar-refractivity contribution < 1.29 is 14.5 Å². The van der Waals surface area contributed by atoms with E-state index in [9.17, 15) is 14.9 Å². The highest BCUT2D eigenvalue weighted by atomic mass is 35.5. The lowest BCUT2D eigenvalue weighted by Crippen LogP contribution is -2.21. The van der Waals surface area contributed by atoms with E-state index in [1.165, 1.54) is 24.6 Å². The van der Waals surface area contributed by atoms with Gasteiger partial charge in [0.15, 0.2) is 0 Å². The van der Waals surface area contributed by atoms with E-state index in [1.54, 1.807) is 0 Å². The van der Waals surface area contributed by atoms with Gasteiger partial charge in [-0.15, -0.1) is 0 Å². The number of non-ortho nitro benzene ring substituents is 1. The van der Waals surface area contributed by atoms with Crippen molar-refractivity contribution in [3.05, 3.63) is 38.9 Å². The molecule has 5 nitrogen and oxygen atoms in total. The Morgan fingerprint density at radius 2 is 2.00 bits per heavy atom. The normalized spacial score (nSPS) is 16.1. The predicted octanol–water partition coefficient (Wildman–Crippen LogP) is 3.74. The molecule has 6 heteroatoms. The van der Waals surface area contributed by atoms with Gasteiger partial charge in [-0.05, 0) is 31.7 Å². The maximum atomic E-state index is 11.9. The van der Waals surface area contributed by atoms with Crippen molar-refractivity contribution in [2.24, 2.45) is 0 Å². The topological polar surface area (TPSA) is 69.4 Å². The summed E-state index contributed by atoms with van der Waals surface area (Å²) < 4.78 is 5.37. The molecule has 0 aromatic heterocycles. The molecular formula is C13H14ClNO4. The summed E-state index contributed by atoms with van der Waals surface area (Å²) in [6.45, 7) is 0. The molecule has 1 saturated carbocycles. The maximum Gasteiger partial charge on any atom is 0.339 e. The standard InChI is InChI=1S/C13H14ClNO4/c14-12-8-9(15(17)18)6-7-11(12)13(16)19-10-4-2-1-3-5-10/h6-8,10H,1-5H2. The highest BCUT2D eigenvalue weighted by Gasteiger charge is 2.21. The third kappa shape index (κ3) is 3.44. The van der Waals surface area contributed by atoms with Crippen molar-refractivity contribution in [3.63, 3.8) is 0 Å². The number of halogens is 1. The molecule has 0 atom stereocenters. The minimum atomic E-state index is -0.553. The highest BCUT2D eigenvalue weighted by molar-refractivity contribution is 6.33. The van der Waals surface area contributed by atoms with Crippen LogP contribution < -0.4 is 0 Å². The van der Waals surface area contributed by atoms with Crippen LogP contribution in [-0.4, -0.2) is 17.0 Å². The first kappa shape index (κ1) is 13.8. The average Bonchev–Trinajstić information content (AvgIpc) is 2.39. The van der Waals surface area contributed by atoms with Gasteiger partial charge >= 0.3 is 5.97 Å². The SMILES string of the molecule is O=C(OC1CCCCC1)c1ccc([N+](=O)[O-])cc1Cl. The Kier molecular flexibility index (Phi) is 4.37. The molecule has 1 aromatic carbocycles. The number of ether oxygens (including phenoxy) is 1. The van der Waals surface area contributed by atoms with Gasteiger partial charge in [0.1, 0.15) is 6.10 Å². The first-order valence-electron chi connectivity index (χ1n) is 6.23. The van der Waals surface area contributed by atoms with Crippen molar-refractivity contribution in [2.75, 3.05) is 0 Å². The number of nitro groups is 1. The van der Waals surface area contributed by atoms with Gasteiger partial charge in [-0.2, -0.15) is 0 Å². The van der Waals surface area contributed by atoms with Crippen molar-refractivity contribution in [3.8, 4) is 0 Å². The van der Waals surface area contributed by atoms with Gasteiger partial charge in [0.05, 0.1) is 15.5 Å². The van der Waals surface area contributed by atoms with Crippen LogP contribution >= 0.6 is 11.6 Å². The molecule has 0 unspecified atom stereocenters. The van der Waals surface area contributed by atoms with Crippen molar-refractivity contribution in [2.45, 2.75) is 38.2 Å². The fraction of sp³-hybridized carbons (Fsp3) is 0.462. The second-order valence-corrected chi connectivity index (χ2v) is 4.99. The number of nitro benzene ring substituents is 1. The first-order chi connectivity index (χ1) is 9.08. The van der Waals surface area contributed by atoms with Crippen LogP contribution in [0.2, 0.25) is 5.02 Å². The quantitative estimate of drug-likeness (QED) is 0.481. The highest BCUT2D eigenvalue weighted by Crippen LogP contribution is 2.26. The summed E-state index contributed by atoms with van der Waals surface area (Å²) in [6.07, 6.45) is 4.98. The van der Waals surface area contributed by atoms with E-state index >= 15 is 0 Å². The Balaban J connectivity index is 2.08. The van der Waals surface area contributed by atoms with Crippen LogP contribution in [-0.2, 0) is 4.74 Å². The van der Waals surface area contributed by atoms with Crippen LogP contribution in [0.5, 0.6) is 0 Å². The largest absolute Gasteiger partial charge is 0.459 e. The zero-order valence-electron chi connectivity index (χ0n) is 10.3. The van der Waals surface area contributed by atoms with E-state index in [-0.39, 0.29) is 22.4 Å². The van der Waals surface area contributed by atoms with Gasteiger partial charge in [-0.3, -0.25) is 10.1 Å². The number of esters is 1. The summed E-state index contributed by atoms with van der Waals surface area (Å²) in [5, 5.41) is 10.6. The second kappa shape index (κ2) is 6.02. The van der Waals surface area contributed by atoms with Crippen molar-refractivity contribution in [1.29, 1.82) is 0 Å². The zero-order valence-corrected chi connectivity index (χ0v) is 11.1. The van der Waals surface area contributed by atoms with Gasteiger partial charge in [0, 0.05) is 12.1 Å². The van der Waals surface area contributed by atoms with E-state index in [2.05, 4.69) is 0 Å². The van der Waals surface area contributed by atoms with Gasteiger partial charge in [-0.1, -0.05) is 18.0 Å². The van der Waals surface area contributed by atoms with E-state index in [4.69, 9.17) is 16.3 Å². The van der Waals surface area contributed by atoms with Crippen molar-refractivity contribution >= 4 is 23.3 Å². The minimum absolute atomic E-state index is 0.0509. The smallest absolute Gasteiger partial charge is 0.339 e. The Bertz CT molecular complexity index is 497. The summed E-state index contributed by atoms with van der Waals surface area (Å²) in [7, 11) is 0. The fourth-order valence-corrected chi connectivity index (χ4v) is 2.43. The lowest BCUT2D eigenvalue weighted by atomic mass is 9.98. The third-order valence-electron chi connectivity index (χ3n) is 3.21. The molecule has 0 aliphatic heterocycles. The summed E-state index contributed by atoms with van der Waals surface area (Å²) in [6, 6.07) is 3.76. The molecular weight excluding hydrogens is 270 g/mol. The molecule has 1 aliphatic rings. The number of carbonyl (C=O) groups excluding carboxylic acids is 1. The van der Waals surface area contributed by atoms with Gasteiger partial charge in [0.25, 0.3) is 5.69 Å². The first-order valence-corrected chi connectivity index (χ1v) is 6.60. The zero-order chi connectivity index (χ0) is 13.8. The van der Waals surface area contributed by atoms with Crippen LogP contribution in [0.15, 0.2) is 18.2 Å². The van der Waals surface area contributed by atoms with Gasteiger partial charge in [0.2, 0.25) is 0 Å². The minimum Gasteiger partial charge on any atom is -0.459 e. The maximum absolute atomic E-state index is 11.9. The summed E-state index contributed by atoms with van der Waals surface area (Å²) >= 11 is 5.88. The summed E-state index contributed by atoms with van der Waals surface area (Å²) in [4.78, 5) is 22.0. The van der Waals surface area contributed by atoms with E-state index < -0.39 is 10.9 Å². The van der Waals surface area contributed by atoms with E-state index in [0.29, 0.717) is 0 Å². The number of nitrogens with zero attached hydrogens (tertiary/aromatic N) is 1. The molecule has 0 bridgehead atoms. The Morgan fingerprint density at radius 3 is 2.58 bits per heavy atom. The molecule has 0 heterocycles. The van der Waals surface area contributed by atoms with Crippen LogP contribution in [0.3, 0.4) is 0 Å². The molecule has 0 spiro atoms. The Hall–Kier alpha value is -1.62. The monoisotopic (exact) mass is 283 g/mol. The number of hydrogen-bond donors (Lipinski definition) is 0. The van der Waals surface area contributed by atoms with E-state index in [1.807, 2.05) is 0 Å². The molecule has 2 rings (SSSR count).